The molecule has 0 saturated carbocycles. The molecule has 1 rings (SSSR count). The van der Waals surface area contributed by atoms with Crippen molar-refractivity contribution in [3.8, 4) is 0 Å². The summed E-state index contributed by atoms with van der Waals surface area (Å²) in [6, 6.07) is 6.89. The minimum Gasteiger partial charge on any atom is -0.352 e. The first-order valence-corrected chi connectivity index (χ1v) is 6.64. The monoisotopic (exact) mass is 303 g/mol. The maximum Gasteiger partial charge on any atom is 0.401 e. The van der Waals surface area contributed by atoms with Gasteiger partial charge in [-0.1, -0.05) is 12.1 Å². The molecule has 1 aromatic rings. The summed E-state index contributed by atoms with van der Waals surface area (Å²) in [6.45, 7) is 0.0699. The molecule has 0 aliphatic heterocycles. The predicted molar refractivity (Wildman–Crippen MR) is 74.8 cm³/mol. The molecule has 0 aliphatic rings. The zero-order valence-electron chi connectivity index (χ0n) is 11.9. The van der Waals surface area contributed by atoms with E-state index in [1.54, 1.807) is 24.3 Å². The molecule has 0 heterocycles. The topological polar surface area (TPSA) is 58.4 Å². The van der Waals surface area contributed by atoms with Crippen molar-refractivity contribution in [2.24, 2.45) is 5.73 Å². The first-order chi connectivity index (χ1) is 9.81. The fourth-order valence-corrected chi connectivity index (χ4v) is 1.83. The molecule has 1 amide bonds. The molecule has 1 aromatic carbocycles. The average molecular weight is 303 g/mol. The molecule has 4 nitrogen and oxygen atoms in total. The van der Waals surface area contributed by atoms with Gasteiger partial charge in [-0.15, -0.1) is 0 Å². The van der Waals surface area contributed by atoms with E-state index in [1.165, 1.54) is 11.9 Å². The molecule has 0 aliphatic carbocycles. The molecule has 0 radical (unpaired) electrons. The quantitative estimate of drug-likeness (QED) is 0.755. The Hall–Kier alpha value is -1.60. The molecule has 0 saturated heterocycles. The number of halogens is 3. The van der Waals surface area contributed by atoms with Gasteiger partial charge in [0.15, 0.2) is 0 Å². The maximum atomic E-state index is 12.1. The number of carbonyl (C=O) groups is 1. The summed E-state index contributed by atoms with van der Waals surface area (Å²) in [5.74, 6) is -0.239. The second-order valence-corrected chi connectivity index (χ2v) is 4.86. The van der Waals surface area contributed by atoms with E-state index in [0.717, 1.165) is 5.56 Å². The summed E-state index contributed by atoms with van der Waals surface area (Å²) in [5.41, 5.74) is 6.90. The van der Waals surface area contributed by atoms with E-state index in [-0.39, 0.29) is 12.5 Å². The Kier molecular flexibility index (Phi) is 6.64. The van der Waals surface area contributed by atoms with Crippen LogP contribution in [0.2, 0.25) is 0 Å². The maximum absolute atomic E-state index is 12.1. The third-order valence-electron chi connectivity index (χ3n) is 2.90. The Morgan fingerprint density at radius 2 is 1.90 bits per heavy atom. The Morgan fingerprint density at radius 3 is 2.43 bits per heavy atom. The number of carbonyl (C=O) groups excluding carboxylic acids is 1. The highest BCUT2D eigenvalue weighted by molar-refractivity contribution is 5.94. The lowest BCUT2D eigenvalue weighted by Gasteiger charge is -2.18. The lowest BCUT2D eigenvalue weighted by molar-refractivity contribution is -0.143. The molecule has 118 valence electrons. The van der Waals surface area contributed by atoms with Crippen LogP contribution < -0.4 is 11.1 Å². The van der Waals surface area contributed by atoms with E-state index in [9.17, 15) is 18.0 Å². The highest BCUT2D eigenvalue weighted by Gasteiger charge is 2.28. The number of amides is 1. The fraction of sp³-hybridized carbons (Fsp3) is 0.500. The zero-order valence-corrected chi connectivity index (χ0v) is 11.9. The molecule has 7 heteroatoms. The van der Waals surface area contributed by atoms with Crippen LogP contribution in [0.4, 0.5) is 13.2 Å². The van der Waals surface area contributed by atoms with Crippen molar-refractivity contribution in [3.63, 3.8) is 0 Å². The SMILES string of the molecule is CN(CCCNC(=O)c1ccc(CN)cc1)CC(F)(F)F. The third kappa shape index (κ3) is 7.10. The molecule has 21 heavy (non-hydrogen) atoms. The summed E-state index contributed by atoms with van der Waals surface area (Å²) in [5, 5.41) is 2.68. The van der Waals surface area contributed by atoms with Crippen LogP contribution in [0.1, 0.15) is 22.3 Å². The minimum absolute atomic E-state index is 0.239. The van der Waals surface area contributed by atoms with Crippen LogP contribution >= 0.6 is 0 Å². The van der Waals surface area contributed by atoms with Gasteiger partial charge in [0.05, 0.1) is 6.54 Å². The largest absolute Gasteiger partial charge is 0.401 e. The molecule has 3 N–H and O–H groups in total. The van der Waals surface area contributed by atoms with Gasteiger partial charge in [0.2, 0.25) is 0 Å². The van der Waals surface area contributed by atoms with Crippen molar-refractivity contribution in [2.45, 2.75) is 19.1 Å². The van der Waals surface area contributed by atoms with Gasteiger partial charge in [-0.25, -0.2) is 0 Å². The molecule has 0 bridgehead atoms. The van der Waals surface area contributed by atoms with Crippen molar-refractivity contribution >= 4 is 5.91 Å². The van der Waals surface area contributed by atoms with E-state index >= 15 is 0 Å². The molecule has 0 spiro atoms. The molecule has 0 unspecified atom stereocenters. The lowest BCUT2D eigenvalue weighted by atomic mass is 10.1. The van der Waals surface area contributed by atoms with Gasteiger partial charge < -0.3 is 11.1 Å². The van der Waals surface area contributed by atoms with E-state index in [4.69, 9.17) is 5.73 Å². The number of rotatable bonds is 7. The van der Waals surface area contributed by atoms with Crippen LogP contribution in [0.3, 0.4) is 0 Å². The highest BCUT2D eigenvalue weighted by Crippen LogP contribution is 2.15. The van der Waals surface area contributed by atoms with Gasteiger partial charge in [-0.3, -0.25) is 9.69 Å². The van der Waals surface area contributed by atoms with Crippen LogP contribution in [0, 0.1) is 0 Å². The van der Waals surface area contributed by atoms with Crippen LogP contribution in [-0.2, 0) is 6.54 Å². The predicted octanol–water partition coefficient (Wildman–Crippen LogP) is 1.76. The van der Waals surface area contributed by atoms with Crippen molar-refractivity contribution < 1.29 is 18.0 Å². The van der Waals surface area contributed by atoms with Crippen molar-refractivity contribution in [1.29, 1.82) is 0 Å². The van der Waals surface area contributed by atoms with E-state index < -0.39 is 12.7 Å². The summed E-state index contributed by atoms with van der Waals surface area (Å²) >= 11 is 0. The Bertz CT molecular complexity index is 446. The van der Waals surface area contributed by atoms with Gasteiger partial charge in [0.1, 0.15) is 0 Å². The third-order valence-corrected chi connectivity index (χ3v) is 2.90. The number of benzene rings is 1. The average Bonchev–Trinajstić information content (AvgIpc) is 2.41. The van der Waals surface area contributed by atoms with Crippen molar-refractivity contribution in [1.82, 2.24) is 10.2 Å². The standard InChI is InChI=1S/C14H20F3N3O/c1-20(10-14(15,16)17)8-2-7-19-13(21)12-5-3-11(9-18)4-6-12/h3-6H,2,7-10,18H2,1H3,(H,19,21). The number of nitrogens with two attached hydrogens (primary N) is 1. The van der Waals surface area contributed by atoms with E-state index in [0.29, 0.717) is 25.1 Å². The lowest BCUT2D eigenvalue weighted by Crippen LogP contribution is -2.33. The summed E-state index contributed by atoms with van der Waals surface area (Å²) in [6.07, 6.45) is -3.73. The van der Waals surface area contributed by atoms with Gasteiger partial charge >= 0.3 is 6.18 Å². The molecular weight excluding hydrogens is 283 g/mol. The Balaban J connectivity index is 2.27. The van der Waals surface area contributed by atoms with Crippen LogP contribution in [-0.4, -0.2) is 43.7 Å². The van der Waals surface area contributed by atoms with Gasteiger partial charge in [0, 0.05) is 18.7 Å². The van der Waals surface area contributed by atoms with Crippen molar-refractivity contribution in [3.05, 3.63) is 35.4 Å². The molecule has 0 atom stereocenters. The van der Waals surface area contributed by atoms with Gasteiger partial charge in [-0.05, 0) is 37.7 Å². The van der Waals surface area contributed by atoms with Gasteiger partial charge in [0.25, 0.3) is 5.91 Å². The van der Waals surface area contributed by atoms with Crippen LogP contribution in [0.5, 0.6) is 0 Å². The zero-order chi connectivity index (χ0) is 15.9. The Labute approximate surface area is 122 Å². The minimum atomic E-state index is -4.19. The van der Waals surface area contributed by atoms with E-state index in [1.807, 2.05) is 0 Å². The van der Waals surface area contributed by atoms with Crippen LogP contribution in [0.25, 0.3) is 0 Å². The normalized spacial score (nSPS) is 11.7. The summed E-state index contributed by atoms with van der Waals surface area (Å²) in [7, 11) is 1.40. The number of alkyl halides is 3. The molecule has 0 aromatic heterocycles. The molecular formula is C14H20F3N3O. The second-order valence-electron chi connectivity index (χ2n) is 4.86. The first-order valence-electron chi connectivity index (χ1n) is 6.64. The van der Waals surface area contributed by atoms with Crippen molar-refractivity contribution in [2.75, 3.05) is 26.7 Å². The molecule has 0 fully saturated rings. The summed E-state index contributed by atoms with van der Waals surface area (Å²) in [4.78, 5) is 13.0. The summed E-state index contributed by atoms with van der Waals surface area (Å²) < 4.78 is 36.3. The van der Waals surface area contributed by atoms with Gasteiger partial charge in [-0.2, -0.15) is 13.2 Å². The highest BCUT2D eigenvalue weighted by atomic mass is 19.4. The second kappa shape index (κ2) is 7.99. The van der Waals surface area contributed by atoms with Crippen LogP contribution in [0.15, 0.2) is 24.3 Å². The fourth-order valence-electron chi connectivity index (χ4n) is 1.83. The Morgan fingerprint density at radius 1 is 1.29 bits per heavy atom. The number of hydrogen-bond donors (Lipinski definition) is 2. The number of nitrogens with zero attached hydrogens (tertiary/aromatic N) is 1. The van der Waals surface area contributed by atoms with E-state index in [2.05, 4.69) is 5.32 Å². The number of nitrogens with one attached hydrogen (secondary N) is 1. The smallest absolute Gasteiger partial charge is 0.352 e. The number of hydrogen-bond acceptors (Lipinski definition) is 3. The first kappa shape index (κ1) is 17.5.